The number of hydrogen-bond donors (Lipinski definition) is 0. The Morgan fingerprint density at radius 3 is 2.59 bits per heavy atom. The van der Waals surface area contributed by atoms with Gasteiger partial charge < -0.3 is 0 Å². The van der Waals surface area contributed by atoms with Gasteiger partial charge >= 0.3 is 0 Å². The van der Waals surface area contributed by atoms with Crippen LogP contribution in [0.1, 0.15) is 59.0 Å². The van der Waals surface area contributed by atoms with Gasteiger partial charge in [-0.05, 0) is 63.1 Å². The highest BCUT2D eigenvalue weighted by Crippen LogP contribution is 2.35. The third-order valence-electron chi connectivity index (χ3n) is 6.43. The summed E-state index contributed by atoms with van der Waals surface area (Å²) in [5.41, 5.74) is 6.07. The van der Waals surface area contributed by atoms with Crippen molar-refractivity contribution in [1.82, 2.24) is 14.5 Å². The van der Waals surface area contributed by atoms with Crippen molar-refractivity contribution in [3.63, 3.8) is 0 Å². The lowest BCUT2D eigenvalue weighted by molar-refractivity contribution is -0.115. The molecule has 0 unspecified atom stereocenters. The Morgan fingerprint density at radius 1 is 1.12 bits per heavy atom. The molecule has 0 N–H and O–H groups in total. The smallest absolute Gasteiger partial charge is 0.262 e. The summed E-state index contributed by atoms with van der Waals surface area (Å²) in [6.45, 7) is 7.98. The second kappa shape index (κ2) is 9.07. The number of thiazole rings is 1. The highest BCUT2D eigenvalue weighted by atomic mass is 32.1. The maximum absolute atomic E-state index is 13.4. The average Bonchev–Trinajstić information content (AvgIpc) is 3.30. The van der Waals surface area contributed by atoms with Crippen molar-refractivity contribution >= 4 is 49.6 Å². The molecule has 8 heteroatoms. The Labute approximate surface area is 206 Å². The van der Waals surface area contributed by atoms with E-state index in [4.69, 9.17) is 4.98 Å². The van der Waals surface area contributed by atoms with Gasteiger partial charge in [0.1, 0.15) is 4.83 Å². The van der Waals surface area contributed by atoms with Gasteiger partial charge in [0.15, 0.2) is 5.13 Å². The first-order valence-corrected chi connectivity index (χ1v) is 13.4. The third-order valence-corrected chi connectivity index (χ3v) is 8.50. The van der Waals surface area contributed by atoms with E-state index in [2.05, 4.69) is 24.0 Å². The van der Waals surface area contributed by atoms with E-state index in [1.807, 2.05) is 19.2 Å². The van der Waals surface area contributed by atoms with Gasteiger partial charge in [-0.3, -0.25) is 19.1 Å². The summed E-state index contributed by atoms with van der Waals surface area (Å²) >= 11 is 3.09. The van der Waals surface area contributed by atoms with Gasteiger partial charge in [-0.1, -0.05) is 24.1 Å². The number of aryl methyl sites for hydroxylation is 5. The molecule has 1 aliphatic rings. The molecule has 0 saturated carbocycles. The van der Waals surface area contributed by atoms with E-state index in [0.29, 0.717) is 11.7 Å². The van der Waals surface area contributed by atoms with E-state index >= 15 is 0 Å². The summed E-state index contributed by atoms with van der Waals surface area (Å²) in [4.78, 5) is 39.3. The van der Waals surface area contributed by atoms with E-state index < -0.39 is 0 Å². The monoisotopic (exact) mass is 492 g/mol. The molecule has 0 radical (unpaired) electrons. The lowest BCUT2D eigenvalue weighted by Gasteiger charge is -2.23. The van der Waals surface area contributed by atoms with Crippen molar-refractivity contribution in [3.8, 4) is 0 Å². The number of anilines is 2. The van der Waals surface area contributed by atoms with Crippen LogP contribution in [-0.4, -0.2) is 20.4 Å². The Morgan fingerprint density at radius 2 is 1.85 bits per heavy atom. The predicted octanol–water partition coefficient (Wildman–Crippen LogP) is 5.84. The van der Waals surface area contributed by atoms with E-state index in [0.717, 1.165) is 57.6 Å². The molecule has 1 amide bonds. The fourth-order valence-electron chi connectivity index (χ4n) is 5.03. The van der Waals surface area contributed by atoms with Gasteiger partial charge in [0.2, 0.25) is 5.91 Å². The lowest BCUT2D eigenvalue weighted by Crippen LogP contribution is -2.25. The number of amides is 1. The predicted molar refractivity (Wildman–Crippen MR) is 140 cm³/mol. The Kier molecular flexibility index (Phi) is 6.12. The van der Waals surface area contributed by atoms with E-state index in [-0.39, 0.29) is 11.5 Å². The van der Waals surface area contributed by atoms with Gasteiger partial charge in [-0.2, -0.15) is 0 Å². The van der Waals surface area contributed by atoms with Crippen molar-refractivity contribution in [3.05, 3.63) is 67.0 Å². The number of aromatic nitrogens is 3. The summed E-state index contributed by atoms with van der Waals surface area (Å²) in [6, 6.07) is 4.16. The standard InChI is InChI=1S/C26H28N4O2S2/c1-15-10-16(2)23(17(3)11-15)30(18(4)31)26-28-19(13-33-26)12-29-14-27-24-22(25(29)32)20-8-6-5-7-9-21(20)34-24/h10-11,13-14H,5-9,12H2,1-4H3. The maximum Gasteiger partial charge on any atom is 0.262 e. The molecule has 1 aliphatic carbocycles. The summed E-state index contributed by atoms with van der Waals surface area (Å²) < 4.78 is 1.65. The van der Waals surface area contributed by atoms with E-state index in [1.54, 1.807) is 34.1 Å². The van der Waals surface area contributed by atoms with Gasteiger partial charge in [-0.15, -0.1) is 22.7 Å². The van der Waals surface area contributed by atoms with E-state index in [1.165, 1.54) is 34.6 Å². The number of carbonyl (C=O) groups excluding carboxylic acids is 1. The molecule has 0 atom stereocenters. The van der Waals surface area contributed by atoms with Gasteiger partial charge in [-0.25, -0.2) is 9.97 Å². The molecule has 0 spiro atoms. The summed E-state index contributed by atoms with van der Waals surface area (Å²) in [5, 5.41) is 3.33. The minimum absolute atomic E-state index is 0.00703. The SMILES string of the molecule is CC(=O)N(c1nc(Cn2cnc3sc4c(c3c2=O)CCCCC4)cs1)c1c(C)cc(C)cc1C. The summed E-state index contributed by atoms with van der Waals surface area (Å²) in [7, 11) is 0. The van der Waals surface area contributed by atoms with Crippen LogP contribution in [0, 0.1) is 20.8 Å². The van der Waals surface area contributed by atoms with Crippen LogP contribution in [0.5, 0.6) is 0 Å². The van der Waals surface area contributed by atoms with Crippen LogP contribution < -0.4 is 10.5 Å². The van der Waals surface area contributed by atoms with Crippen LogP contribution in [0.3, 0.4) is 0 Å². The van der Waals surface area contributed by atoms with Crippen LogP contribution >= 0.6 is 22.7 Å². The highest BCUT2D eigenvalue weighted by Gasteiger charge is 2.23. The van der Waals surface area contributed by atoms with Crippen molar-refractivity contribution in [2.24, 2.45) is 0 Å². The lowest BCUT2D eigenvalue weighted by atomic mass is 10.0. The Hall–Kier alpha value is -2.84. The third kappa shape index (κ3) is 4.09. The van der Waals surface area contributed by atoms with Crippen molar-refractivity contribution < 1.29 is 4.79 Å². The van der Waals surface area contributed by atoms with Gasteiger partial charge in [0.25, 0.3) is 5.56 Å². The van der Waals surface area contributed by atoms with Crippen LogP contribution in [-0.2, 0) is 24.2 Å². The van der Waals surface area contributed by atoms with E-state index in [9.17, 15) is 9.59 Å². The Balaban J connectivity index is 1.50. The molecule has 0 bridgehead atoms. The normalized spacial score (nSPS) is 13.6. The molecular weight excluding hydrogens is 464 g/mol. The maximum atomic E-state index is 13.4. The summed E-state index contributed by atoms with van der Waals surface area (Å²) in [5.74, 6) is -0.0860. The molecule has 0 aliphatic heterocycles. The van der Waals surface area contributed by atoms with Gasteiger partial charge in [0.05, 0.1) is 29.6 Å². The molecule has 4 aromatic rings. The highest BCUT2D eigenvalue weighted by molar-refractivity contribution is 7.18. The first-order chi connectivity index (χ1) is 16.3. The van der Waals surface area contributed by atoms with Crippen LogP contribution in [0.25, 0.3) is 10.2 Å². The molecule has 34 heavy (non-hydrogen) atoms. The van der Waals surface area contributed by atoms with Crippen LogP contribution in [0.15, 0.2) is 28.6 Å². The minimum Gasteiger partial charge on any atom is -0.293 e. The van der Waals surface area contributed by atoms with Gasteiger partial charge in [0, 0.05) is 17.2 Å². The molecule has 6 nitrogen and oxygen atoms in total. The number of rotatable bonds is 4. The first kappa shape index (κ1) is 22.9. The number of thiophene rings is 1. The Bertz CT molecular complexity index is 1440. The number of carbonyl (C=O) groups is 1. The topological polar surface area (TPSA) is 68.1 Å². The second-order valence-electron chi connectivity index (χ2n) is 9.15. The zero-order valence-electron chi connectivity index (χ0n) is 20.0. The quantitative estimate of drug-likeness (QED) is 0.336. The number of benzene rings is 1. The number of nitrogens with zero attached hydrogens (tertiary/aromatic N) is 4. The molecule has 5 rings (SSSR count). The zero-order valence-corrected chi connectivity index (χ0v) is 21.6. The molecular formula is C26H28N4O2S2. The fourth-order valence-corrected chi connectivity index (χ4v) is 7.11. The largest absolute Gasteiger partial charge is 0.293 e. The molecule has 176 valence electrons. The van der Waals surface area contributed by atoms with Crippen LogP contribution in [0.4, 0.5) is 10.8 Å². The minimum atomic E-state index is -0.0860. The average molecular weight is 493 g/mol. The van der Waals surface area contributed by atoms with Crippen molar-refractivity contribution in [2.45, 2.75) is 66.3 Å². The molecule has 0 fully saturated rings. The zero-order chi connectivity index (χ0) is 24.0. The second-order valence-corrected chi connectivity index (χ2v) is 11.1. The molecule has 1 aromatic carbocycles. The van der Waals surface area contributed by atoms with Crippen molar-refractivity contribution in [1.29, 1.82) is 0 Å². The number of hydrogen-bond acceptors (Lipinski definition) is 6. The number of fused-ring (bicyclic) bond motifs is 3. The molecule has 0 saturated heterocycles. The fraction of sp³-hybridized carbons (Fsp3) is 0.385. The summed E-state index contributed by atoms with van der Waals surface area (Å²) in [6.07, 6.45) is 7.16. The van der Waals surface area contributed by atoms with Crippen LogP contribution in [0.2, 0.25) is 0 Å². The molecule has 3 aromatic heterocycles. The molecule has 3 heterocycles. The first-order valence-electron chi connectivity index (χ1n) is 11.7. The van der Waals surface area contributed by atoms with Crippen molar-refractivity contribution in [2.75, 3.05) is 4.90 Å².